The first-order valence-electron chi connectivity index (χ1n) is 10.2. The summed E-state index contributed by atoms with van der Waals surface area (Å²) in [6, 6.07) is 11.9. The molecule has 1 aromatic heterocycles. The van der Waals surface area contributed by atoms with Crippen molar-refractivity contribution in [3.05, 3.63) is 42.7 Å². The molecule has 0 spiro atoms. The summed E-state index contributed by atoms with van der Waals surface area (Å²) in [5.41, 5.74) is 1.91. The Hall–Kier alpha value is -2.47. The van der Waals surface area contributed by atoms with Gasteiger partial charge >= 0.3 is 0 Å². The van der Waals surface area contributed by atoms with E-state index in [4.69, 9.17) is 9.47 Å². The van der Waals surface area contributed by atoms with Gasteiger partial charge in [0, 0.05) is 43.9 Å². The van der Waals surface area contributed by atoms with Crippen LogP contribution in [0.15, 0.2) is 42.7 Å². The van der Waals surface area contributed by atoms with Gasteiger partial charge in [0.2, 0.25) is 11.8 Å². The first-order chi connectivity index (χ1) is 13.8. The minimum atomic E-state index is 0.152. The van der Waals surface area contributed by atoms with Gasteiger partial charge in [-0.05, 0) is 31.6 Å². The quantitative estimate of drug-likeness (QED) is 0.796. The molecule has 2 aliphatic heterocycles. The van der Waals surface area contributed by atoms with Gasteiger partial charge in [-0.25, -0.2) is 9.97 Å². The highest BCUT2D eigenvalue weighted by Gasteiger charge is 2.29. The number of likely N-dealkylation sites (tertiary alicyclic amines) is 1. The van der Waals surface area contributed by atoms with Crippen molar-refractivity contribution in [1.29, 1.82) is 0 Å². The van der Waals surface area contributed by atoms with Gasteiger partial charge in [0.05, 0.1) is 12.3 Å². The molecule has 1 amide bonds. The highest BCUT2D eigenvalue weighted by atomic mass is 16.5. The summed E-state index contributed by atoms with van der Waals surface area (Å²) < 4.78 is 11.3. The molecule has 3 heterocycles. The lowest BCUT2D eigenvalue weighted by Crippen LogP contribution is -2.43. The van der Waals surface area contributed by atoms with Crippen LogP contribution in [0.5, 0.6) is 5.88 Å². The topological polar surface area (TPSA) is 64.5 Å². The molecular weight excluding hydrogens is 354 g/mol. The van der Waals surface area contributed by atoms with Crippen LogP contribution in [-0.4, -0.2) is 53.7 Å². The van der Waals surface area contributed by atoms with Crippen LogP contribution < -0.4 is 4.74 Å². The summed E-state index contributed by atoms with van der Waals surface area (Å²) in [5, 5.41) is 0. The molecule has 2 fully saturated rings. The summed E-state index contributed by atoms with van der Waals surface area (Å²) in [4.78, 5) is 23.2. The maximum Gasteiger partial charge on any atom is 0.225 e. The Labute approximate surface area is 165 Å². The molecule has 1 aromatic carbocycles. The number of hydrogen-bond acceptors (Lipinski definition) is 5. The fourth-order valence-electron chi connectivity index (χ4n) is 3.91. The lowest BCUT2D eigenvalue weighted by atomic mass is 9.94. The van der Waals surface area contributed by atoms with Crippen LogP contribution in [0.3, 0.4) is 0 Å². The molecule has 6 heteroatoms. The summed E-state index contributed by atoms with van der Waals surface area (Å²) in [6.45, 7) is 3.70. The number of aromatic nitrogens is 2. The first-order valence-corrected chi connectivity index (χ1v) is 10.2. The number of hydrogen-bond donors (Lipinski definition) is 0. The van der Waals surface area contributed by atoms with Crippen molar-refractivity contribution in [3.8, 4) is 17.1 Å². The molecule has 6 nitrogen and oxygen atoms in total. The minimum absolute atomic E-state index is 0.152. The lowest BCUT2D eigenvalue weighted by Gasteiger charge is -2.35. The number of benzene rings is 1. The zero-order valence-electron chi connectivity index (χ0n) is 16.1. The average Bonchev–Trinajstić information content (AvgIpc) is 2.79. The van der Waals surface area contributed by atoms with Gasteiger partial charge in [-0.15, -0.1) is 0 Å². The van der Waals surface area contributed by atoms with Crippen molar-refractivity contribution >= 4 is 5.91 Å². The van der Waals surface area contributed by atoms with E-state index < -0.39 is 0 Å². The Morgan fingerprint density at radius 3 is 2.57 bits per heavy atom. The molecule has 0 atom stereocenters. The zero-order valence-corrected chi connectivity index (χ0v) is 16.1. The Kier molecular flexibility index (Phi) is 6.17. The predicted octanol–water partition coefficient (Wildman–Crippen LogP) is 3.19. The van der Waals surface area contributed by atoms with Crippen molar-refractivity contribution in [2.24, 2.45) is 11.8 Å². The van der Waals surface area contributed by atoms with Crippen molar-refractivity contribution in [1.82, 2.24) is 14.9 Å². The standard InChI is InChI=1S/C22H27N3O3/c26-22(19-8-12-27-13-9-19)25-10-6-17(7-11-25)15-28-21-14-20(23-16-24-21)18-4-2-1-3-5-18/h1-5,14,16-17,19H,6-13,15H2. The second-order valence-electron chi connectivity index (χ2n) is 7.57. The molecule has 2 saturated heterocycles. The number of amides is 1. The molecule has 2 aliphatic rings. The smallest absolute Gasteiger partial charge is 0.225 e. The van der Waals surface area contributed by atoms with Gasteiger partial charge in [0.15, 0.2) is 0 Å². The number of ether oxygens (including phenoxy) is 2. The van der Waals surface area contributed by atoms with E-state index in [9.17, 15) is 4.79 Å². The molecule has 0 bridgehead atoms. The van der Waals surface area contributed by atoms with Crippen LogP contribution in [0.25, 0.3) is 11.3 Å². The number of piperidine rings is 1. The van der Waals surface area contributed by atoms with Gasteiger partial charge in [0.1, 0.15) is 6.33 Å². The molecule has 28 heavy (non-hydrogen) atoms. The largest absolute Gasteiger partial charge is 0.477 e. The van der Waals surface area contributed by atoms with Gasteiger partial charge in [-0.3, -0.25) is 4.79 Å². The summed E-state index contributed by atoms with van der Waals surface area (Å²) in [6.07, 6.45) is 5.22. The van der Waals surface area contributed by atoms with Gasteiger partial charge in [0.25, 0.3) is 0 Å². The van der Waals surface area contributed by atoms with E-state index in [-0.39, 0.29) is 5.92 Å². The highest BCUT2D eigenvalue weighted by Crippen LogP contribution is 2.24. The van der Waals surface area contributed by atoms with Crippen molar-refractivity contribution in [3.63, 3.8) is 0 Å². The normalized spacial score (nSPS) is 18.8. The monoisotopic (exact) mass is 381 g/mol. The maximum absolute atomic E-state index is 12.6. The summed E-state index contributed by atoms with van der Waals surface area (Å²) in [7, 11) is 0. The molecule has 0 N–H and O–H groups in total. The van der Waals surface area contributed by atoms with E-state index in [2.05, 4.69) is 9.97 Å². The summed E-state index contributed by atoms with van der Waals surface area (Å²) >= 11 is 0. The zero-order chi connectivity index (χ0) is 19.2. The predicted molar refractivity (Wildman–Crippen MR) is 106 cm³/mol. The number of nitrogens with zero attached hydrogens (tertiary/aromatic N) is 3. The third-order valence-corrected chi connectivity index (χ3v) is 5.68. The van der Waals surface area contributed by atoms with Crippen LogP contribution in [0.1, 0.15) is 25.7 Å². The molecular formula is C22H27N3O3. The lowest BCUT2D eigenvalue weighted by molar-refractivity contribution is -0.140. The van der Waals surface area contributed by atoms with E-state index in [1.54, 1.807) is 6.33 Å². The van der Waals surface area contributed by atoms with Crippen LogP contribution >= 0.6 is 0 Å². The summed E-state index contributed by atoms with van der Waals surface area (Å²) in [5.74, 6) is 1.52. The third kappa shape index (κ3) is 4.68. The van der Waals surface area contributed by atoms with Crippen molar-refractivity contribution < 1.29 is 14.3 Å². The SMILES string of the molecule is O=C(C1CCOCC1)N1CCC(COc2cc(-c3ccccc3)ncn2)CC1. The first kappa shape index (κ1) is 18.9. The number of rotatable bonds is 5. The van der Waals surface area contributed by atoms with Crippen molar-refractivity contribution in [2.45, 2.75) is 25.7 Å². The van der Waals surface area contributed by atoms with Crippen molar-refractivity contribution in [2.75, 3.05) is 32.9 Å². The van der Waals surface area contributed by atoms with Gasteiger partial charge in [-0.1, -0.05) is 30.3 Å². The van der Waals surface area contributed by atoms with Crippen LogP contribution in [-0.2, 0) is 9.53 Å². The Bertz CT molecular complexity index is 770. The third-order valence-electron chi connectivity index (χ3n) is 5.68. The van der Waals surface area contributed by atoms with Gasteiger partial charge < -0.3 is 14.4 Å². The second-order valence-corrected chi connectivity index (χ2v) is 7.57. The van der Waals surface area contributed by atoms with Gasteiger partial charge in [-0.2, -0.15) is 0 Å². The van der Waals surface area contributed by atoms with E-state index in [0.717, 1.165) is 50.0 Å². The highest BCUT2D eigenvalue weighted by molar-refractivity contribution is 5.79. The number of carbonyl (C=O) groups is 1. The second kappa shape index (κ2) is 9.15. The molecule has 0 aliphatic carbocycles. The molecule has 4 rings (SSSR count). The fraction of sp³-hybridized carbons (Fsp3) is 0.500. The van der Waals surface area contributed by atoms with Crippen LogP contribution in [0.2, 0.25) is 0 Å². The Morgan fingerprint density at radius 2 is 1.82 bits per heavy atom. The Balaban J connectivity index is 1.26. The maximum atomic E-state index is 12.6. The molecule has 0 saturated carbocycles. The number of carbonyl (C=O) groups excluding carboxylic acids is 1. The fourth-order valence-corrected chi connectivity index (χ4v) is 3.91. The van der Waals surface area contributed by atoms with E-state index >= 15 is 0 Å². The van der Waals surface area contributed by atoms with Crippen LogP contribution in [0, 0.1) is 11.8 Å². The molecule has 148 valence electrons. The molecule has 0 radical (unpaired) electrons. The van der Waals surface area contributed by atoms with E-state index in [1.165, 1.54) is 0 Å². The Morgan fingerprint density at radius 1 is 1.07 bits per heavy atom. The molecule has 0 unspecified atom stereocenters. The molecule has 2 aromatic rings. The van der Waals surface area contributed by atoms with Crippen LogP contribution in [0.4, 0.5) is 0 Å². The average molecular weight is 381 g/mol. The minimum Gasteiger partial charge on any atom is -0.477 e. The van der Waals surface area contributed by atoms with E-state index in [0.29, 0.717) is 37.5 Å². The van der Waals surface area contributed by atoms with E-state index in [1.807, 2.05) is 41.3 Å².